The van der Waals surface area contributed by atoms with Crippen molar-refractivity contribution in [2.75, 3.05) is 5.73 Å². The highest BCUT2D eigenvalue weighted by Crippen LogP contribution is 2.27. The number of nitrogen functional groups attached to an aromatic ring is 1. The monoisotopic (exact) mass is 338 g/mol. The summed E-state index contributed by atoms with van der Waals surface area (Å²) in [6.07, 6.45) is 1.85. The molecule has 3 rings (SSSR count). The molecule has 0 fully saturated rings. The van der Waals surface area contributed by atoms with Crippen molar-refractivity contribution in [3.63, 3.8) is 0 Å². The van der Waals surface area contributed by atoms with Crippen LogP contribution in [0.3, 0.4) is 0 Å². The zero-order valence-electron chi connectivity index (χ0n) is 9.80. The molecule has 0 radical (unpaired) electrons. The third kappa shape index (κ3) is 2.15. The summed E-state index contributed by atoms with van der Waals surface area (Å²) in [5, 5.41) is 0.322. The number of halogens is 2. The van der Waals surface area contributed by atoms with Gasteiger partial charge in [0.2, 0.25) is 5.95 Å². The van der Waals surface area contributed by atoms with Crippen LogP contribution in [-0.4, -0.2) is 24.3 Å². The van der Waals surface area contributed by atoms with Crippen LogP contribution in [0.15, 0.2) is 22.8 Å². The van der Waals surface area contributed by atoms with E-state index in [2.05, 4.69) is 35.9 Å². The highest BCUT2D eigenvalue weighted by Gasteiger charge is 2.16. The topological polar surface area (TPSA) is 82.0 Å². The van der Waals surface area contributed by atoms with Crippen LogP contribution in [0, 0.1) is 6.92 Å². The standard InChI is InChI=1S/C11H8BrClN6/c1-5-15-10(18-11(14)16-5)8-9(13)17-7-3-2-6(12)4-19(7)8/h2-4H,1H3,(H2,14,15,16,18). The van der Waals surface area contributed by atoms with E-state index in [1.165, 1.54) is 0 Å². The number of imidazole rings is 1. The summed E-state index contributed by atoms with van der Waals surface area (Å²) in [4.78, 5) is 16.6. The molecule has 3 aromatic rings. The van der Waals surface area contributed by atoms with Crippen molar-refractivity contribution in [3.8, 4) is 11.5 Å². The zero-order chi connectivity index (χ0) is 13.6. The predicted octanol–water partition coefficient (Wildman–Crippen LogP) is 2.49. The summed E-state index contributed by atoms with van der Waals surface area (Å²) in [7, 11) is 0. The third-order valence-corrected chi connectivity index (χ3v) is 3.25. The Morgan fingerprint density at radius 3 is 2.74 bits per heavy atom. The maximum atomic E-state index is 6.17. The van der Waals surface area contributed by atoms with Gasteiger partial charge in [-0.25, -0.2) is 9.97 Å². The van der Waals surface area contributed by atoms with Crippen LogP contribution in [0.5, 0.6) is 0 Å². The quantitative estimate of drug-likeness (QED) is 0.736. The van der Waals surface area contributed by atoms with Crippen LogP contribution in [0.4, 0.5) is 5.95 Å². The fourth-order valence-corrected chi connectivity index (χ4v) is 2.40. The summed E-state index contributed by atoms with van der Waals surface area (Å²) in [6.45, 7) is 1.74. The minimum Gasteiger partial charge on any atom is -0.368 e. The highest BCUT2D eigenvalue weighted by molar-refractivity contribution is 9.10. The molecule has 0 atom stereocenters. The van der Waals surface area contributed by atoms with Gasteiger partial charge >= 0.3 is 0 Å². The summed E-state index contributed by atoms with van der Waals surface area (Å²) >= 11 is 9.58. The second-order valence-electron chi connectivity index (χ2n) is 3.89. The average molecular weight is 340 g/mol. The van der Waals surface area contributed by atoms with E-state index < -0.39 is 0 Å². The molecule has 0 aliphatic carbocycles. The lowest BCUT2D eigenvalue weighted by Gasteiger charge is -2.03. The third-order valence-electron chi connectivity index (χ3n) is 2.52. The normalized spacial score (nSPS) is 11.1. The summed E-state index contributed by atoms with van der Waals surface area (Å²) in [5.74, 6) is 1.09. The smallest absolute Gasteiger partial charge is 0.223 e. The highest BCUT2D eigenvalue weighted by atomic mass is 79.9. The number of pyridine rings is 1. The van der Waals surface area contributed by atoms with E-state index in [0.717, 1.165) is 4.47 Å². The second kappa shape index (κ2) is 4.43. The maximum absolute atomic E-state index is 6.17. The van der Waals surface area contributed by atoms with Crippen LogP contribution in [0.25, 0.3) is 17.2 Å². The first kappa shape index (κ1) is 12.3. The van der Waals surface area contributed by atoms with Gasteiger partial charge in [0, 0.05) is 10.7 Å². The summed E-state index contributed by atoms with van der Waals surface area (Å²) in [6, 6.07) is 3.73. The molecular formula is C11H8BrClN6. The van der Waals surface area contributed by atoms with Gasteiger partial charge in [-0.05, 0) is 35.0 Å². The van der Waals surface area contributed by atoms with Crippen molar-refractivity contribution in [3.05, 3.63) is 33.8 Å². The molecule has 0 aliphatic rings. The molecule has 0 aromatic carbocycles. The molecule has 6 nitrogen and oxygen atoms in total. The Hall–Kier alpha value is -1.73. The molecule has 0 amide bonds. The fourth-order valence-electron chi connectivity index (χ4n) is 1.80. The van der Waals surface area contributed by atoms with Crippen LogP contribution < -0.4 is 5.73 Å². The first-order valence-electron chi connectivity index (χ1n) is 5.36. The van der Waals surface area contributed by atoms with Crippen LogP contribution in [0.1, 0.15) is 5.82 Å². The van der Waals surface area contributed by atoms with Gasteiger partial charge in [0.1, 0.15) is 17.2 Å². The van der Waals surface area contributed by atoms with Crippen molar-refractivity contribution in [2.24, 2.45) is 0 Å². The summed E-state index contributed by atoms with van der Waals surface area (Å²) in [5.41, 5.74) is 6.95. The van der Waals surface area contributed by atoms with Crippen molar-refractivity contribution < 1.29 is 0 Å². The Morgan fingerprint density at radius 1 is 1.21 bits per heavy atom. The number of hydrogen-bond acceptors (Lipinski definition) is 5. The number of nitrogens with two attached hydrogens (primary N) is 1. The average Bonchev–Trinajstić information content (AvgIpc) is 2.63. The number of aromatic nitrogens is 5. The lowest BCUT2D eigenvalue weighted by atomic mass is 10.4. The summed E-state index contributed by atoms with van der Waals surface area (Å²) < 4.78 is 2.70. The number of hydrogen-bond donors (Lipinski definition) is 1. The molecule has 3 aromatic heterocycles. The van der Waals surface area contributed by atoms with Crippen molar-refractivity contribution >= 4 is 39.1 Å². The van der Waals surface area contributed by atoms with E-state index in [1.54, 1.807) is 11.3 Å². The molecular weight excluding hydrogens is 332 g/mol. The minimum absolute atomic E-state index is 0.156. The van der Waals surface area contributed by atoms with Gasteiger partial charge in [0.05, 0.1) is 0 Å². The van der Waals surface area contributed by atoms with Gasteiger partial charge in [0.15, 0.2) is 11.0 Å². The van der Waals surface area contributed by atoms with E-state index in [0.29, 0.717) is 28.1 Å². The molecule has 0 aliphatic heterocycles. The zero-order valence-corrected chi connectivity index (χ0v) is 12.1. The van der Waals surface area contributed by atoms with Crippen molar-refractivity contribution in [1.29, 1.82) is 0 Å². The molecule has 2 N–H and O–H groups in total. The molecule has 0 saturated carbocycles. The number of rotatable bonds is 1. The molecule has 96 valence electrons. The van der Waals surface area contributed by atoms with Gasteiger partial charge in [-0.15, -0.1) is 0 Å². The van der Waals surface area contributed by atoms with E-state index in [-0.39, 0.29) is 5.95 Å². The molecule has 0 saturated heterocycles. The molecule has 3 heterocycles. The van der Waals surface area contributed by atoms with Crippen molar-refractivity contribution in [1.82, 2.24) is 24.3 Å². The largest absolute Gasteiger partial charge is 0.368 e. The Balaban J connectivity index is 2.35. The van der Waals surface area contributed by atoms with Gasteiger partial charge in [-0.3, -0.25) is 4.40 Å². The van der Waals surface area contributed by atoms with Gasteiger partial charge in [-0.2, -0.15) is 9.97 Å². The van der Waals surface area contributed by atoms with Gasteiger partial charge in [0.25, 0.3) is 0 Å². The van der Waals surface area contributed by atoms with Crippen LogP contribution >= 0.6 is 27.5 Å². The molecule has 8 heteroatoms. The lowest BCUT2D eigenvalue weighted by molar-refractivity contribution is 0.982. The second-order valence-corrected chi connectivity index (χ2v) is 5.16. The van der Waals surface area contributed by atoms with Crippen molar-refractivity contribution in [2.45, 2.75) is 6.92 Å². The number of nitrogens with zero attached hydrogens (tertiary/aromatic N) is 5. The molecule has 0 bridgehead atoms. The Bertz CT molecular complexity index is 764. The Morgan fingerprint density at radius 2 is 2.00 bits per heavy atom. The first-order chi connectivity index (χ1) is 9.04. The van der Waals surface area contributed by atoms with Gasteiger partial charge in [-0.1, -0.05) is 11.6 Å². The first-order valence-corrected chi connectivity index (χ1v) is 6.53. The number of fused-ring (bicyclic) bond motifs is 1. The van der Waals surface area contributed by atoms with Crippen LogP contribution in [-0.2, 0) is 0 Å². The maximum Gasteiger partial charge on any atom is 0.223 e. The van der Waals surface area contributed by atoms with E-state index >= 15 is 0 Å². The molecule has 19 heavy (non-hydrogen) atoms. The Labute approximate surface area is 121 Å². The minimum atomic E-state index is 0.156. The van der Waals surface area contributed by atoms with E-state index in [4.69, 9.17) is 17.3 Å². The van der Waals surface area contributed by atoms with Gasteiger partial charge < -0.3 is 5.73 Å². The predicted molar refractivity (Wildman–Crippen MR) is 75.9 cm³/mol. The number of aryl methyl sites for hydroxylation is 1. The van der Waals surface area contributed by atoms with Crippen LogP contribution in [0.2, 0.25) is 5.15 Å². The molecule has 0 unspecified atom stereocenters. The fraction of sp³-hybridized carbons (Fsp3) is 0.0909. The Kier molecular flexibility index (Phi) is 2.87. The van der Waals surface area contributed by atoms with E-state index in [9.17, 15) is 0 Å². The lowest BCUT2D eigenvalue weighted by Crippen LogP contribution is -2.03. The molecule has 0 spiro atoms. The SMILES string of the molecule is Cc1nc(N)nc(-c2c(Cl)nc3ccc(Br)cn23)n1. The number of anilines is 1. The van der Waals surface area contributed by atoms with E-state index in [1.807, 2.05) is 18.3 Å².